The molecule has 0 unspecified atom stereocenters. The minimum atomic E-state index is -3.34. The van der Waals surface area contributed by atoms with Gasteiger partial charge in [0.15, 0.2) is 9.84 Å². The maximum Gasteiger partial charge on any atom is 0.257 e. The van der Waals surface area contributed by atoms with E-state index in [0.717, 1.165) is 18.2 Å². The van der Waals surface area contributed by atoms with E-state index in [1.807, 2.05) is 0 Å². The van der Waals surface area contributed by atoms with Gasteiger partial charge in [0.25, 0.3) is 5.91 Å². The predicted octanol–water partition coefficient (Wildman–Crippen LogP) is 1.31. The fourth-order valence-corrected chi connectivity index (χ4v) is 4.25. The maximum atomic E-state index is 13.9. The van der Waals surface area contributed by atoms with Crippen molar-refractivity contribution in [1.29, 1.82) is 0 Å². The number of carbonyl (C=O) groups is 1. The Hall–Kier alpha value is -2.29. The molecule has 1 saturated heterocycles. The maximum absolute atomic E-state index is 13.9. The summed E-state index contributed by atoms with van der Waals surface area (Å²) in [5, 5.41) is 3.99. The summed E-state index contributed by atoms with van der Waals surface area (Å²) < 4.78 is 52.7. The zero-order valence-electron chi connectivity index (χ0n) is 12.8. The van der Waals surface area contributed by atoms with E-state index in [2.05, 4.69) is 5.10 Å². The molecule has 1 atom stereocenters. The standard InChI is InChI=1S/C15H15F2N3O3S/c1-19-8-10(7-18-19)14-9-24(22,23)5-4-20(14)15(21)12-6-11(16)2-3-13(12)17/h2-3,6-8,14H,4-5,9H2,1H3/t14-/m1/s1. The average molecular weight is 355 g/mol. The second-order valence-electron chi connectivity index (χ2n) is 5.70. The smallest absolute Gasteiger partial charge is 0.257 e. The van der Waals surface area contributed by atoms with Gasteiger partial charge in [0.05, 0.1) is 29.3 Å². The molecule has 1 aliphatic heterocycles. The van der Waals surface area contributed by atoms with Crippen molar-refractivity contribution in [2.24, 2.45) is 7.05 Å². The number of rotatable bonds is 2. The molecule has 24 heavy (non-hydrogen) atoms. The van der Waals surface area contributed by atoms with Crippen LogP contribution in [0.3, 0.4) is 0 Å². The Morgan fingerprint density at radius 1 is 1.33 bits per heavy atom. The van der Waals surface area contributed by atoms with E-state index >= 15 is 0 Å². The number of hydrogen-bond donors (Lipinski definition) is 0. The lowest BCUT2D eigenvalue weighted by atomic mass is 10.1. The van der Waals surface area contributed by atoms with Crippen molar-refractivity contribution in [3.8, 4) is 0 Å². The van der Waals surface area contributed by atoms with Crippen molar-refractivity contribution in [3.63, 3.8) is 0 Å². The molecule has 128 valence electrons. The molecule has 0 saturated carbocycles. The Labute approximate surface area is 137 Å². The summed E-state index contributed by atoms with van der Waals surface area (Å²) in [7, 11) is -1.67. The summed E-state index contributed by atoms with van der Waals surface area (Å²) in [6.07, 6.45) is 3.07. The molecule has 1 aliphatic rings. The number of aryl methyl sites for hydroxylation is 1. The average Bonchev–Trinajstić information content (AvgIpc) is 2.95. The molecule has 0 bridgehead atoms. The first kappa shape index (κ1) is 16.6. The van der Waals surface area contributed by atoms with Crippen LogP contribution in [0.1, 0.15) is 22.0 Å². The zero-order chi connectivity index (χ0) is 17.5. The van der Waals surface area contributed by atoms with Gasteiger partial charge >= 0.3 is 0 Å². The van der Waals surface area contributed by atoms with Crippen LogP contribution in [0.5, 0.6) is 0 Å². The Morgan fingerprint density at radius 2 is 2.08 bits per heavy atom. The van der Waals surface area contributed by atoms with Gasteiger partial charge in [0.1, 0.15) is 11.6 Å². The largest absolute Gasteiger partial charge is 0.329 e. The Morgan fingerprint density at radius 3 is 2.75 bits per heavy atom. The molecule has 0 N–H and O–H groups in total. The van der Waals surface area contributed by atoms with E-state index in [1.165, 1.54) is 15.8 Å². The van der Waals surface area contributed by atoms with E-state index in [4.69, 9.17) is 0 Å². The third-order valence-electron chi connectivity index (χ3n) is 3.96. The molecule has 0 radical (unpaired) electrons. The molecule has 2 heterocycles. The lowest BCUT2D eigenvalue weighted by molar-refractivity contribution is 0.0692. The van der Waals surface area contributed by atoms with Crippen molar-refractivity contribution in [1.82, 2.24) is 14.7 Å². The van der Waals surface area contributed by atoms with E-state index in [-0.39, 0.29) is 18.1 Å². The van der Waals surface area contributed by atoms with Crippen LogP contribution in [0.25, 0.3) is 0 Å². The van der Waals surface area contributed by atoms with Crippen LogP contribution in [0, 0.1) is 11.6 Å². The fraction of sp³-hybridized carbons (Fsp3) is 0.333. The molecule has 9 heteroatoms. The monoisotopic (exact) mass is 355 g/mol. The minimum absolute atomic E-state index is 0.0866. The summed E-state index contributed by atoms with van der Waals surface area (Å²) in [4.78, 5) is 13.9. The van der Waals surface area contributed by atoms with Crippen molar-refractivity contribution in [3.05, 3.63) is 53.4 Å². The van der Waals surface area contributed by atoms with Crippen LogP contribution < -0.4 is 0 Å². The highest BCUT2D eigenvalue weighted by Gasteiger charge is 2.37. The summed E-state index contributed by atoms with van der Waals surface area (Å²) >= 11 is 0. The molecule has 3 rings (SSSR count). The van der Waals surface area contributed by atoms with Gasteiger partial charge < -0.3 is 4.90 Å². The van der Waals surface area contributed by atoms with Crippen LogP contribution in [0.2, 0.25) is 0 Å². The van der Waals surface area contributed by atoms with Gasteiger partial charge in [-0.25, -0.2) is 17.2 Å². The van der Waals surface area contributed by atoms with E-state index in [9.17, 15) is 22.0 Å². The topological polar surface area (TPSA) is 72.3 Å². The number of benzene rings is 1. The quantitative estimate of drug-likeness (QED) is 0.814. The Kier molecular flexibility index (Phi) is 4.12. The third kappa shape index (κ3) is 3.16. The molecule has 1 aromatic carbocycles. The first-order chi connectivity index (χ1) is 11.3. The zero-order valence-corrected chi connectivity index (χ0v) is 13.6. The molecule has 0 aliphatic carbocycles. The van der Waals surface area contributed by atoms with Crippen molar-refractivity contribution < 1.29 is 22.0 Å². The second kappa shape index (κ2) is 5.97. The fourth-order valence-electron chi connectivity index (χ4n) is 2.75. The van der Waals surface area contributed by atoms with Crippen LogP contribution in [-0.2, 0) is 16.9 Å². The summed E-state index contributed by atoms with van der Waals surface area (Å²) in [5.74, 6) is -2.81. The summed E-state index contributed by atoms with van der Waals surface area (Å²) in [6, 6.07) is 1.84. The molecular weight excluding hydrogens is 340 g/mol. The van der Waals surface area contributed by atoms with Gasteiger partial charge in [-0.05, 0) is 18.2 Å². The van der Waals surface area contributed by atoms with Gasteiger partial charge in [0, 0.05) is 25.4 Å². The molecule has 0 spiro atoms. The van der Waals surface area contributed by atoms with Gasteiger partial charge in [-0.15, -0.1) is 0 Å². The molecular formula is C15H15F2N3O3S. The molecule has 2 aromatic rings. The van der Waals surface area contributed by atoms with E-state index in [0.29, 0.717) is 5.56 Å². The second-order valence-corrected chi connectivity index (χ2v) is 7.93. The number of amides is 1. The number of halogens is 2. The minimum Gasteiger partial charge on any atom is -0.329 e. The third-order valence-corrected chi connectivity index (χ3v) is 5.59. The number of aromatic nitrogens is 2. The molecule has 6 nitrogen and oxygen atoms in total. The van der Waals surface area contributed by atoms with Gasteiger partial charge in [-0.2, -0.15) is 5.10 Å². The summed E-state index contributed by atoms with van der Waals surface area (Å²) in [6.45, 7) is -0.0866. The van der Waals surface area contributed by atoms with Crippen LogP contribution in [0.4, 0.5) is 8.78 Å². The number of carbonyl (C=O) groups excluding carboxylic acids is 1. The normalized spacial score (nSPS) is 20.1. The first-order valence-electron chi connectivity index (χ1n) is 7.22. The van der Waals surface area contributed by atoms with Gasteiger partial charge in [-0.3, -0.25) is 9.48 Å². The number of sulfone groups is 1. The van der Waals surface area contributed by atoms with Crippen molar-refractivity contribution in [2.75, 3.05) is 18.1 Å². The Balaban J connectivity index is 2.00. The highest BCUT2D eigenvalue weighted by molar-refractivity contribution is 7.91. The predicted molar refractivity (Wildman–Crippen MR) is 82.0 cm³/mol. The number of nitrogens with zero attached hydrogens (tertiary/aromatic N) is 3. The van der Waals surface area contributed by atoms with E-state index < -0.39 is 39.0 Å². The van der Waals surface area contributed by atoms with Crippen LogP contribution in [0.15, 0.2) is 30.6 Å². The molecule has 1 aromatic heterocycles. The van der Waals surface area contributed by atoms with Crippen molar-refractivity contribution in [2.45, 2.75) is 6.04 Å². The summed E-state index contributed by atoms with van der Waals surface area (Å²) in [5.41, 5.74) is 0.120. The lowest BCUT2D eigenvalue weighted by Gasteiger charge is -2.35. The highest BCUT2D eigenvalue weighted by atomic mass is 32.2. The lowest BCUT2D eigenvalue weighted by Crippen LogP contribution is -2.46. The molecule has 1 amide bonds. The van der Waals surface area contributed by atoms with Crippen LogP contribution >= 0.6 is 0 Å². The van der Waals surface area contributed by atoms with E-state index in [1.54, 1.807) is 13.2 Å². The highest BCUT2D eigenvalue weighted by Crippen LogP contribution is 2.28. The molecule has 1 fully saturated rings. The van der Waals surface area contributed by atoms with Gasteiger partial charge in [0.2, 0.25) is 0 Å². The van der Waals surface area contributed by atoms with Gasteiger partial charge in [-0.1, -0.05) is 0 Å². The van der Waals surface area contributed by atoms with Crippen molar-refractivity contribution >= 4 is 15.7 Å². The first-order valence-corrected chi connectivity index (χ1v) is 9.04. The van der Waals surface area contributed by atoms with Crippen LogP contribution in [-0.4, -0.2) is 47.1 Å². The Bertz CT molecular complexity index is 895. The number of hydrogen-bond acceptors (Lipinski definition) is 4. The SMILES string of the molecule is Cn1cc([C@H]2CS(=O)(=O)CCN2C(=O)c2cc(F)ccc2F)cn1.